The summed E-state index contributed by atoms with van der Waals surface area (Å²) in [6, 6.07) is 7.56. The number of nitro groups is 1. The number of aryl methyl sites for hydroxylation is 2. The van der Waals surface area contributed by atoms with Crippen molar-refractivity contribution >= 4 is 22.6 Å². The molecule has 1 heterocycles. The Kier molecular flexibility index (Phi) is 4.72. The molecule has 2 aromatic carbocycles. The summed E-state index contributed by atoms with van der Waals surface area (Å²) in [5.74, 6) is -0.519. The van der Waals surface area contributed by atoms with Crippen LogP contribution in [0.1, 0.15) is 28.4 Å². The summed E-state index contributed by atoms with van der Waals surface area (Å²) in [6.07, 6.45) is 1.26. The standard InChI is InChI=1S/C19H17N3O5/c1-4-27-19(24)16-11(2)9-13-17(12(16)3)18(23)21(10-20-13)14-7-5-6-8-15(14)22(25)26/h5-10H,4H2,1-3H3. The minimum absolute atomic E-state index is 0.111. The number of hydrogen-bond acceptors (Lipinski definition) is 6. The van der Waals surface area contributed by atoms with Crippen LogP contribution in [0.5, 0.6) is 0 Å². The van der Waals surface area contributed by atoms with E-state index in [0.717, 1.165) is 4.57 Å². The smallest absolute Gasteiger partial charge is 0.338 e. The number of nitrogens with zero attached hydrogens (tertiary/aromatic N) is 3. The normalized spacial score (nSPS) is 10.8. The molecule has 0 bridgehead atoms. The van der Waals surface area contributed by atoms with Crippen LogP contribution in [0.3, 0.4) is 0 Å². The van der Waals surface area contributed by atoms with E-state index in [4.69, 9.17) is 4.74 Å². The lowest BCUT2D eigenvalue weighted by atomic mass is 9.98. The molecule has 0 radical (unpaired) electrons. The second-order valence-corrected chi connectivity index (χ2v) is 5.97. The van der Waals surface area contributed by atoms with E-state index in [-0.39, 0.29) is 23.4 Å². The van der Waals surface area contributed by atoms with Crippen molar-refractivity contribution in [2.75, 3.05) is 6.61 Å². The van der Waals surface area contributed by atoms with Gasteiger partial charge in [0.2, 0.25) is 0 Å². The van der Waals surface area contributed by atoms with E-state index in [1.807, 2.05) is 0 Å². The van der Waals surface area contributed by atoms with Crippen molar-refractivity contribution in [2.24, 2.45) is 0 Å². The van der Waals surface area contributed by atoms with Crippen LogP contribution in [-0.2, 0) is 4.74 Å². The molecule has 0 fully saturated rings. The fourth-order valence-electron chi connectivity index (χ4n) is 3.14. The van der Waals surface area contributed by atoms with Crippen molar-refractivity contribution in [3.63, 3.8) is 0 Å². The highest BCUT2D eigenvalue weighted by molar-refractivity contribution is 5.99. The van der Waals surface area contributed by atoms with Gasteiger partial charge in [-0.3, -0.25) is 19.5 Å². The zero-order chi connectivity index (χ0) is 19.7. The van der Waals surface area contributed by atoms with Crippen molar-refractivity contribution in [3.8, 4) is 5.69 Å². The number of hydrogen-bond donors (Lipinski definition) is 0. The SMILES string of the molecule is CCOC(=O)c1c(C)cc2ncn(-c3ccccc3[N+](=O)[O-])c(=O)c2c1C. The minimum Gasteiger partial charge on any atom is -0.462 e. The van der Waals surface area contributed by atoms with Crippen LogP contribution >= 0.6 is 0 Å². The Morgan fingerprint density at radius 3 is 2.67 bits per heavy atom. The van der Waals surface area contributed by atoms with E-state index < -0.39 is 16.5 Å². The van der Waals surface area contributed by atoms with Gasteiger partial charge in [-0.2, -0.15) is 0 Å². The molecule has 0 saturated carbocycles. The average Bonchev–Trinajstić information content (AvgIpc) is 2.61. The molecule has 0 saturated heterocycles. The topological polar surface area (TPSA) is 104 Å². The first-order chi connectivity index (χ1) is 12.9. The molecule has 138 valence electrons. The van der Waals surface area contributed by atoms with Gasteiger partial charge < -0.3 is 4.74 Å². The Labute approximate surface area is 154 Å². The van der Waals surface area contributed by atoms with Crippen LogP contribution in [0, 0.1) is 24.0 Å². The molecule has 3 aromatic rings. The molecule has 0 aliphatic heterocycles. The predicted octanol–water partition coefficient (Wildman–Crippen LogP) is 3.09. The fraction of sp³-hybridized carbons (Fsp3) is 0.211. The number of ether oxygens (including phenoxy) is 1. The van der Waals surface area contributed by atoms with Crippen LogP contribution in [-0.4, -0.2) is 27.1 Å². The first-order valence-corrected chi connectivity index (χ1v) is 8.29. The number of carbonyl (C=O) groups is 1. The second kappa shape index (κ2) is 6.99. The van der Waals surface area contributed by atoms with E-state index in [0.29, 0.717) is 22.2 Å². The number of nitro benzene ring substituents is 1. The Bertz CT molecular complexity index is 1130. The molecule has 1 aromatic heterocycles. The molecule has 8 nitrogen and oxygen atoms in total. The Morgan fingerprint density at radius 1 is 1.30 bits per heavy atom. The zero-order valence-corrected chi connectivity index (χ0v) is 15.1. The summed E-state index contributed by atoms with van der Waals surface area (Å²) < 4.78 is 6.21. The number of rotatable bonds is 4. The predicted molar refractivity (Wildman–Crippen MR) is 99.4 cm³/mol. The largest absolute Gasteiger partial charge is 0.462 e. The number of fused-ring (bicyclic) bond motifs is 1. The Hall–Kier alpha value is -3.55. The van der Waals surface area contributed by atoms with E-state index in [9.17, 15) is 19.7 Å². The molecule has 0 spiro atoms. The monoisotopic (exact) mass is 367 g/mol. The van der Waals surface area contributed by atoms with Gasteiger partial charge in [-0.15, -0.1) is 0 Å². The summed E-state index contributed by atoms with van der Waals surface area (Å²) in [6.45, 7) is 5.30. The highest BCUT2D eigenvalue weighted by Gasteiger charge is 2.21. The van der Waals surface area contributed by atoms with Gasteiger partial charge in [-0.05, 0) is 44.0 Å². The molecule has 27 heavy (non-hydrogen) atoms. The third-order valence-electron chi connectivity index (χ3n) is 4.32. The van der Waals surface area contributed by atoms with Gasteiger partial charge in [0.1, 0.15) is 12.0 Å². The maximum Gasteiger partial charge on any atom is 0.338 e. The fourth-order valence-corrected chi connectivity index (χ4v) is 3.14. The van der Waals surface area contributed by atoms with Crippen molar-refractivity contribution in [1.29, 1.82) is 0 Å². The second-order valence-electron chi connectivity index (χ2n) is 5.97. The van der Waals surface area contributed by atoms with Gasteiger partial charge in [-0.1, -0.05) is 12.1 Å². The van der Waals surface area contributed by atoms with Gasteiger partial charge in [0.15, 0.2) is 0 Å². The van der Waals surface area contributed by atoms with E-state index >= 15 is 0 Å². The Morgan fingerprint density at radius 2 is 2.00 bits per heavy atom. The number of para-hydroxylation sites is 2. The first-order valence-electron chi connectivity index (χ1n) is 8.29. The van der Waals surface area contributed by atoms with Gasteiger partial charge in [0, 0.05) is 6.07 Å². The van der Waals surface area contributed by atoms with Crippen LogP contribution in [0.25, 0.3) is 16.6 Å². The summed E-state index contributed by atoms with van der Waals surface area (Å²) in [7, 11) is 0. The van der Waals surface area contributed by atoms with Crippen LogP contribution < -0.4 is 5.56 Å². The van der Waals surface area contributed by atoms with Crippen LogP contribution in [0.15, 0.2) is 41.5 Å². The molecule has 0 unspecified atom stereocenters. The van der Waals surface area contributed by atoms with Gasteiger partial charge in [-0.25, -0.2) is 9.78 Å². The highest BCUT2D eigenvalue weighted by atomic mass is 16.6. The highest BCUT2D eigenvalue weighted by Crippen LogP contribution is 2.25. The molecular formula is C19H17N3O5. The molecule has 3 rings (SSSR count). The summed E-state index contributed by atoms with van der Waals surface area (Å²) in [5.41, 5.74) is 1.22. The minimum atomic E-state index is -0.558. The number of carbonyl (C=O) groups excluding carboxylic acids is 1. The van der Waals surface area contributed by atoms with Crippen molar-refractivity contribution in [1.82, 2.24) is 9.55 Å². The van der Waals surface area contributed by atoms with Crippen LogP contribution in [0.2, 0.25) is 0 Å². The Balaban J connectivity index is 2.35. The molecular weight excluding hydrogens is 350 g/mol. The van der Waals surface area contributed by atoms with Gasteiger partial charge >= 0.3 is 5.97 Å². The van der Waals surface area contributed by atoms with E-state index in [1.165, 1.54) is 24.5 Å². The van der Waals surface area contributed by atoms with Crippen molar-refractivity contribution in [2.45, 2.75) is 20.8 Å². The first kappa shape index (κ1) is 18.2. The molecule has 8 heteroatoms. The molecule has 0 N–H and O–H groups in total. The number of benzene rings is 2. The molecule has 0 atom stereocenters. The average molecular weight is 367 g/mol. The summed E-state index contributed by atoms with van der Waals surface area (Å²) in [5, 5.41) is 11.5. The molecule has 0 aliphatic rings. The van der Waals surface area contributed by atoms with Gasteiger partial charge in [0.05, 0.1) is 28.0 Å². The molecule has 0 aliphatic carbocycles. The lowest BCUT2D eigenvalue weighted by molar-refractivity contribution is -0.384. The maximum atomic E-state index is 13.1. The summed E-state index contributed by atoms with van der Waals surface area (Å²) in [4.78, 5) is 40.4. The van der Waals surface area contributed by atoms with Gasteiger partial charge in [0.25, 0.3) is 11.2 Å². The third-order valence-corrected chi connectivity index (χ3v) is 4.32. The lowest BCUT2D eigenvalue weighted by Gasteiger charge is -2.13. The molecule has 0 amide bonds. The van der Waals surface area contributed by atoms with Crippen molar-refractivity contribution < 1.29 is 14.5 Å². The summed E-state index contributed by atoms with van der Waals surface area (Å²) >= 11 is 0. The van der Waals surface area contributed by atoms with E-state index in [1.54, 1.807) is 32.9 Å². The maximum absolute atomic E-state index is 13.1. The van der Waals surface area contributed by atoms with Crippen molar-refractivity contribution in [3.05, 3.63) is 73.8 Å². The third kappa shape index (κ3) is 3.05. The number of esters is 1. The lowest BCUT2D eigenvalue weighted by Crippen LogP contribution is -2.22. The number of aromatic nitrogens is 2. The van der Waals surface area contributed by atoms with Crippen LogP contribution in [0.4, 0.5) is 5.69 Å². The van der Waals surface area contributed by atoms with E-state index in [2.05, 4.69) is 4.98 Å². The zero-order valence-electron chi connectivity index (χ0n) is 15.1. The quantitative estimate of drug-likeness (QED) is 0.399.